The van der Waals surface area contributed by atoms with E-state index in [2.05, 4.69) is 22.3 Å². The molecule has 2 N–H and O–H groups in total. The number of nitrogens with two attached hydrogens (primary N) is 1. The summed E-state index contributed by atoms with van der Waals surface area (Å²) in [6, 6.07) is 12.0. The van der Waals surface area contributed by atoms with Crippen LogP contribution in [0.3, 0.4) is 0 Å². The van der Waals surface area contributed by atoms with Gasteiger partial charge >= 0.3 is 0 Å². The highest BCUT2D eigenvalue weighted by atomic mass is 16.5. The quantitative estimate of drug-likeness (QED) is 0.787. The minimum Gasteiger partial charge on any atom is -0.359 e. The first kappa shape index (κ1) is 12.8. The van der Waals surface area contributed by atoms with Gasteiger partial charge in [-0.3, -0.25) is 4.98 Å². The molecule has 0 spiro atoms. The molecule has 3 rings (SSSR count). The Hall–Kier alpha value is -2.20. The second-order valence-corrected chi connectivity index (χ2v) is 4.99. The molecule has 0 fully saturated rings. The molecular weight excluding hydrogens is 250 g/mol. The van der Waals surface area contributed by atoms with Crippen molar-refractivity contribution in [3.63, 3.8) is 0 Å². The summed E-state index contributed by atoms with van der Waals surface area (Å²) in [5.74, 6) is 0.727. The molecule has 4 heteroatoms. The summed E-state index contributed by atoms with van der Waals surface area (Å²) in [6.07, 6.45) is 0.829. The molecule has 0 radical (unpaired) electrons. The van der Waals surface area contributed by atoms with Gasteiger partial charge in [0.25, 0.3) is 0 Å². The van der Waals surface area contributed by atoms with Gasteiger partial charge in [0.05, 0.1) is 11.6 Å². The van der Waals surface area contributed by atoms with Gasteiger partial charge in [0.15, 0.2) is 5.76 Å². The summed E-state index contributed by atoms with van der Waals surface area (Å²) in [7, 11) is 0. The van der Waals surface area contributed by atoms with Gasteiger partial charge in [0.1, 0.15) is 5.69 Å². The minimum absolute atomic E-state index is 0.0963. The van der Waals surface area contributed by atoms with Crippen LogP contribution in [-0.2, 0) is 0 Å². The number of aryl methyl sites for hydroxylation is 1. The monoisotopic (exact) mass is 267 g/mol. The van der Waals surface area contributed by atoms with E-state index in [1.165, 1.54) is 0 Å². The first-order valence-electron chi connectivity index (χ1n) is 6.77. The predicted octanol–water partition coefficient (Wildman–Crippen LogP) is 3.61. The smallest absolute Gasteiger partial charge is 0.154 e. The first-order valence-corrected chi connectivity index (χ1v) is 6.77. The predicted molar refractivity (Wildman–Crippen MR) is 79.2 cm³/mol. The van der Waals surface area contributed by atoms with Crippen LogP contribution in [0.2, 0.25) is 0 Å². The fraction of sp³-hybridized carbons (Fsp3) is 0.250. The lowest BCUT2D eigenvalue weighted by Gasteiger charge is -2.02. The van der Waals surface area contributed by atoms with Crippen LogP contribution in [0.1, 0.15) is 30.8 Å². The maximum absolute atomic E-state index is 5.95. The number of fused-ring (bicyclic) bond motifs is 1. The largest absolute Gasteiger partial charge is 0.359 e. The molecule has 1 aromatic carbocycles. The Kier molecular flexibility index (Phi) is 3.24. The minimum atomic E-state index is -0.0963. The third-order valence-corrected chi connectivity index (χ3v) is 3.46. The lowest BCUT2D eigenvalue weighted by atomic mass is 10.1. The SMILES string of the molecule is CCC(N)c1cc(-c2ccc3nc(C)ccc3c2)no1. The zero-order valence-corrected chi connectivity index (χ0v) is 11.6. The fourth-order valence-electron chi connectivity index (χ4n) is 2.19. The zero-order valence-electron chi connectivity index (χ0n) is 11.6. The van der Waals surface area contributed by atoms with E-state index in [1.807, 2.05) is 38.1 Å². The van der Waals surface area contributed by atoms with Gasteiger partial charge in [0, 0.05) is 22.7 Å². The normalized spacial score (nSPS) is 12.8. The van der Waals surface area contributed by atoms with Crippen molar-refractivity contribution in [3.8, 4) is 11.3 Å². The lowest BCUT2D eigenvalue weighted by Crippen LogP contribution is -2.06. The van der Waals surface area contributed by atoms with Crippen LogP contribution in [0.5, 0.6) is 0 Å². The van der Waals surface area contributed by atoms with Crippen LogP contribution in [0.15, 0.2) is 40.9 Å². The van der Waals surface area contributed by atoms with Crippen LogP contribution >= 0.6 is 0 Å². The molecule has 0 aliphatic rings. The van der Waals surface area contributed by atoms with Crippen molar-refractivity contribution in [2.75, 3.05) is 0 Å². The van der Waals surface area contributed by atoms with Gasteiger partial charge in [-0.25, -0.2) is 0 Å². The summed E-state index contributed by atoms with van der Waals surface area (Å²) in [5, 5.41) is 5.20. The van der Waals surface area contributed by atoms with E-state index in [9.17, 15) is 0 Å². The van der Waals surface area contributed by atoms with Crippen LogP contribution in [-0.4, -0.2) is 10.1 Å². The van der Waals surface area contributed by atoms with Gasteiger partial charge in [-0.05, 0) is 31.5 Å². The number of rotatable bonds is 3. The molecule has 4 nitrogen and oxygen atoms in total. The summed E-state index contributed by atoms with van der Waals surface area (Å²) in [4.78, 5) is 4.49. The molecule has 2 heterocycles. The van der Waals surface area contributed by atoms with Gasteiger partial charge in [0.2, 0.25) is 0 Å². The van der Waals surface area contributed by atoms with Crippen molar-refractivity contribution in [1.29, 1.82) is 0 Å². The Labute approximate surface area is 117 Å². The van der Waals surface area contributed by atoms with Crippen molar-refractivity contribution in [1.82, 2.24) is 10.1 Å². The number of hydrogen-bond acceptors (Lipinski definition) is 4. The Morgan fingerprint density at radius 1 is 1.20 bits per heavy atom. The number of aromatic nitrogens is 2. The Morgan fingerprint density at radius 2 is 2.05 bits per heavy atom. The molecule has 0 saturated heterocycles. The highest BCUT2D eigenvalue weighted by Crippen LogP contribution is 2.25. The molecule has 3 aromatic rings. The van der Waals surface area contributed by atoms with E-state index in [0.29, 0.717) is 0 Å². The average Bonchev–Trinajstić information content (AvgIpc) is 2.95. The first-order chi connectivity index (χ1) is 9.67. The third-order valence-electron chi connectivity index (χ3n) is 3.46. The van der Waals surface area contributed by atoms with E-state index >= 15 is 0 Å². The zero-order chi connectivity index (χ0) is 14.1. The number of benzene rings is 1. The summed E-state index contributed by atoms with van der Waals surface area (Å²) < 4.78 is 5.31. The molecule has 0 amide bonds. The molecule has 1 unspecified atom stereocenters. The van der Waals surface area contributed by atoms with Crippen molar-refractivity contribution < 1.29 is 4.52 Å². The van der Waals surface area contributed by atoms with E-state index in [-0.39, 0.29) is 6.04 Å². The molecule has 1 atom stereocenters. The molecular formula is C16H17N3O. The maximum atomic E-state index is 5.95. The van der Waals surface area contributed by atoms with Crippen LogP contribution in [0.25, 0.3) is 22.2 Å². The van der Waals surface area contributed by atoms with E-state index < -0.39 is 0 Å². The molecule has 20 heavy (non-hydrogen) atoms. The number of hydrogen-bond donors (Lipinski definition) is 1. The highest BCUT2D eigenvalue weighted by Gasteiger charge is 2.12. The topological polar surface area (TPSA) is 64.9 Å². The van der Waals surface area contributed by atoms with Crippen molar-refractivity contribution in [3.05, 3.63) is 47.9 Å². The highest BCUT2D eigenvalue weighted by molar-refractivity contribution is 5.83. The van der Waals surface area contributed by atoms with E-state index in [4.69, 9.17) is 10.3 Å². The second kappa shape index (κ2) is 5.06. The molecule has 102 valence electrons. The van der Waals surface area contributed by atoms with Crippen LogP contribution < -0.4 is 5.73 Å². The average molecular weight is 267 g/mol. The number of nitrogens with zero attached hydrogens (tertiary/aromatic N) is 2. The Bertz CT molecular complexity index is 748. The van der Waals surface area contributed by atoms with E-state index in [0.717, 1.165) is 40.0 Å². The van der Waals surface area contributed by atoms with Crippen LogP contribution in [0.4, 0.5) is 0 Å². The van der Waals surface area contributed by atoms with Crippen molar-refractivity contribution in [2.45, 2.75) is 26.3 Å². The summed E-state index contributed by atoms with van der Waals surface area (Å²) in [6.45, 7) is 4.01. The van der Waals surface area contributed by atoms with Crippen molar-refractivity contribution in [2.24, 2.45) is 5.73 Å². The van der Waals surface area contributed by atoms with Crippen molar-refractivity contribution >= 4 is 10.9 Å². The van der Waals surface area contributed by atoms with Gasteiger partial charge < -0.3 is 10.3 Å². The lowest BCUT2D eigenvalue weighted by molar-refractivity contribution is 0.360. The second-order valence-electron chi connectivity index (χ2n) is 4.99. The molecule has 2 aromatic heterocycles. The number of pyridine rings is 1. The molecule has 0 aliphatic heterocycles. The maximum Gasteiger partial charge on any atom is 0.154 e. The standard InChI is InChI=1S/C16H17N3O/c1-3-13(17)16-9-15(19-20-16)12-6-7-14-11(8-12)5-4-10(2)18-14/h4-9,13H,3,17H2,1-2H3. The molecule has 0 aliphatic carbocycles. The van der Waals surface area contributed by atoms with Gasteiger partial charge in [-0.1, -0.05) is 24.2 Å². The van der Waals surface area contributed by atoms with E-state index in [1.54, 1.807) is 0 Å². The fourth-order valence-corrected chi connectivity index (χ4v) is 2.19. The summed E-state index contributed by atoms with van der Waals surface area (Å²) >= 11 is 0. The summed E-state index contributed by atoms with van der Waals surface area (Å²) in [5.41, 5.74) is 9.78. The Morgan fingerprint density at radius 3 is 2.85 bits per heavy atom. The van der Waals surface area contributed by atoms with Gasteiger partial charge in [-0.15, -0.1) is 0 Å². The van der Waals surface area contributed by atoms with Crippen LogP contribution in [0, 0.1) is 6.92 Å². The molecule has 0 saturated carbocycles. The Balaban J connectivity index is 2.01. The van der Waals surface area contributed by atoms with Gasteiger partial charge in [-0.2, -0.15) is 0 Å². The molecule has 0 bridgehead atoms. The third kappa shape index (κ3) is 2.30.